The number of nitrogens with two attached hydrogens (primary N) is 1. The summed E-state index contributed by atoms with van der Waals surface area (Å²) in [5.41, 5.74) is 5.76. The Kier molecular flexibility index (Phi) is 9.12. The van der Waals surface area contributed by atoms with Crippen LogP contribution < -0.4 is 16.4 Å². The minimum Gasteiger partial charge on any atom is -0.480 e. The van der Waals surface area contributed by atoms with Gasteiger partial charge in [0.25, 0.3) is 0 Å². The van der Waals surface area contributed by atoms with E-state index >= 15 is 0 Å². The topological polar surface area (TPSA) is 122 Å². The van der Waals surface area contributed by atoms with Gasteiger partial charge in [-0.15, -0.1) is 0 Å². The smallest absolute Gasteiger partial charge is 0.326 e. The summed E-state index contributed by atoms with van der Waals surface area (Å²) in [7, 11) is 0. The van der Waals surface area contributed by atoms with E-state index in [0.29, 0.717) is 6.42 Å². The number of nitrogens with one attached hydrogen (secondary N) is 2. The molecule has 0 bridgehead atoms. The van der Waals surface area contributed by atoms with Crippen molar-refractivity contribution in [2.75, 3.05) is 5.75 Å². The lowest BCUT2D eigenvalue weighted by molar-refractivity contribution is -0.143. The van der Waals surface area contributed by atoms with Gasteiger partial charge in [0, 0.05) is 5.75 Å². The Balaban J connectivity index is 4.72. The number of hydrogen-bond acceptors (Lipinski definition) is 5. The maximum Gasteiger partial charge on any atom is 0.326 e. The molecule has 0 aliphatic carbocycles. The van der Waals surface area contributed by atoms with Crippen LogP contribution in [0.25, 0.3) is 0 Å². The van der Waals surface area contributed by atoms with Gasteiger partial charge < -0.3 is 21.5 Å². The Morgan fingerprint density at radius 3 is 2.00 bits per heavy atom. The predicted octanol–water partition coefficient (Wildman–Crippen LogP) is -0.000200. The van der Waals surface area contributed by atoms with Crippen LogP contribution in [0.5, 0.6) is 0 Å². The Hall–Kier alpha value is -1.28. The van der Waals surface area contributed by atoms with Crippen molar-refractivity contribution >= 4 is 30.4 Å². The molecule has 0 aromatic rings. The molecule has 0 aliphatic heterocycles. The number of aliphatic carboxylic acids is 1. The first-order valence-electron chi connectivity index (χ1n) is 7.30. The van der Waals surface area contributed by atoms with Crippen LogP contribution in [0.1, 0.15) is 34.1 Å². The molecule has 0 saturated carbocycles. The van der Waals surface area contributed by atoms with E-state index in [1.165, 1.54) is 0 Å². The van der Waals surface area contributed by atoms with Crippen molar-refractivity contribution in [2.24, 2.45) is 17.6 Å². The molecule has 7 nitrogen and oxygen atoms in total. The number of hydrogen-bond donors (Lipinski definition) is 5. The van der Waals surface area contributed by atoms with Crippen LogP contribution in [-0.2, 0) is 14.4 Å². The molecule has 22 heavy (non-hydrogen) atoms. The second kappa shape index (κ2) is 9.68. The molecule has 2 amide bonds. The fourth-order valence-corrected chi connectivity index (χ4v) is 2.11. The summed E-state index contributed by atoms with van der Waals surface area (Å²) in [5, 5.41) is 14.0. The van der Waals surface area contributed by atoms with Crippen molar-refractivity contribution in [3.05, 3.63) is 0 Å². The first-order chi connectivity index (χ1) is 10.1. The molecular formula is C14H27N3O4S. The number of rotatable bonds is 9. The van der Waals surface area contributed by atoms with Gasteiger partial charge in [0.2, 0.25) is 11.8 Å². The quantitative estimate of drug-likeness (QED) is 0.380. The normalized spacial score (nSPS) is 15.3. The maximum absolute atomic E-state index is 12.1. The minimum atomic E-state index is -1.12. The fourth-order valence-electron chi connectivity index (χ4n) is 1.86. The standard InChI is InChI=1S/C14H27N3O4S/c1-7(2)5-9(15)12(18)16-10(6-22)13(19)17-11(8(3)4)14(20)21/h7-11,22H,5-6,15H2,1-4H3,(H,16,18)(H,17,19)(H,20,21)/t9-,10-,11-/m0/s1. The number of carbonyl (C=O) groups excluding carboxylic acids is 2. The monoisotopic (exact) mass is 333 g/mol. The van der Waals surface area contributed by atoms with Crippen molar-refractivity contribution < 1.29 is 19.5 Å². The molecule has 0 aliphatic rings. The molecule has 0 fully saturated rings. The number of carbonyl (C=O) groups is 3. The molecule has 8 heteroatoms. The molecule has 0 aromatic heterocycles. The fraction of sp³-hybridized carbons (Fsp3) is 0.786. The van der Waals surface area contributed by atoms with Crippen molar-refractivity contribution in [3.63, 3.8) is 0 Å². The van der Waals surface area contributed by atoms with Crippen LogP contribution in [0, 0.1) is 11.8 Å². The maximum atomic E-state index is 12.1. The number of carboxylic acids is 1. The van der Waals surface area contributed by atoms with Gasteiger partial charge >= 0.3 is 5.97 Å². The van der Waals surface area contributed by atoms with Gasteiger partial charge in [-0.1, -0.05) is 27.7 Å². The highest BCUT2D eigenvalue weighted by Crippen LogP contribution is 2.05. The van der Waals surface area contributed by atoms with Crippen molar-refractivity contribution in [1.82, 2.24) is 10.6 Å². The lowest BCUT2D eigenvalue weighted by Gasteiger charge is -2.23. The summed E-state index contributed by atoms with van der Waals surface area (Å²) < 4.78 is 0. The highest BCUT2D eigenvalue weighted by atomic mass is 32.1. The summed E-state index contributed by atoms with van der Waals surface area (Å²) in [6.07, 6.45) is 0.497. The van der Waals surface area contributed by atoms with Crippen LogP contribution in [0.3, 0.4) is 0 Å². The Labute approximate surface area is 136 Å². The lowest BCUT2D eigenvalue weighted by Crippen LogP contribution is -2.56. The summed E-state index contributed by atoms with van der Waals surface area (Å²) >= 11 is 4.03. The second-order valence-electron chi connectivity index (χ2n) is 6.05. The highest BCUT2D eigenvalue weighted by molar-refractivity contribution is 7.80. The van der Waals surface area contributed by atoms with Gasteiger partial charge in [0.1, 0.15) is 12.1 Å². The zero-order valence-electron chi connectivity index (χ0n) is 13.5. The number of amides is 2. The summed E-state index contributed by atoms with van der Waals surface area (Å²) in [6, 6.07) is -2.65. The van der Waals surface area contributed by atoms with Gasteiger partial charge in [-0.05, 0) is 18.3 Å². The molecule has 0 spiro atoms. The number of thiol groups is 1. The first-order valence-corrected chi connectivity index (χ1v) is 7.93. The summed E-state index contributed by atoms with van der Waals surface area (Å²) in [5.74, 6) is -2.12. The van der Waals surface area contributed by atoms with E-state index < -0.39 is 35.9 Å². The number of carboxylic acid groups (broad SMARTS) is 1. The van der Waals surface area contributed by atoms with Gasteiger partial charge in [-0.25, -0.2) is 4.79 Å². The van der Waals surface area contributed by atoms with E-state index in [0.717, 1.165) is 0 Å². The van der Waals surface area contributed by atoms with Crippen LogP contribution in [0.2, 0.25) is 0 Å². The van der Waals surface area contributed by atoms with E-state index in [1.54, 1.807) is 13.8 Å². The van der Waals surface area contributed by atoms with Crippen molar-refractivity contribution in [3.8, 4) is 0 Å². The van der Waals surface area contributed by atoms with Gasteiger partial charge in [0.05, 0.1) is 6.04 Å². The molecule has 0 aromatic carbocycles. The molecule has 0 radical (unpaired) electrons. The van der Waals surface area contributed by atoms with E-state index in [-0.39, 0.29) is 17.6 Å². The van der Waals surface area contributed by atoms with E-state index in [2.05, 4.69) is 23.3 Å². The summed E-state index contributed by atoms with van der Waals surface area (Å²) in [4.78, 5) is 35.1. The average Bonchev–Trinajstić information content (AvgIpc) is 2.39. The second-order valence-corrected chi connectivity index (χ2v) is 6.41. The van der Waals surface area contributed by atoms with Gasteiger partial charge in [-0.3, -0.25) is 9.59 Å². The molecule has 3 atom stereocenters. The van der Waals surface area contributed by atoms with E-state index in [1.807, 2.05) is 13.8 Å². The van der Waals surface area contributed by atoms with Crippen molar-refractivity contribution in [2.45, 2.75) is 52.2 Å². The van der Waals surface area contributed by atoms with Crippen LogP contribution >= 0.6 is 12.6 Å². The first kappa shape index (κ1) is 20.7. The van der Waals surface area contributed by atoms with Gasteiger partial charge in [0.15, 0.2) is 0 Å². The van der Waals surface area contributed by atoms with E-state index in [4.69, 9.17) is 10.8 Å². The Morgan fingerprint density at radius 1 is 1.09 bits per heavy atom. The van der Waals surface area contributed by atoms with Gasteiger partial charge in [-0.2, -0.15) is 12.6 Å². The Bertz CT molecular complexity index is 402. The largest absolute Gasteiger partial charge is 0.480 e. The highest BCUT2D eigenvalue weighted by Gasteiger charge is 2.28. The minimum absolute atomic E-state index is 0.0520. The molecule has 0 unspecified atom stereocenters. The molecule has 0 saturated heterocycles. The van der Waals surface area contributed by atoms with Crippen LogP contribution in [0.15, 0.2) is 0 Å². The van der Waals surface area contributed by atoms with E-state index in [9.17, 15) is 14.4 Å². The van der Waals surface area contributed by atoms with Crippen LogP contribution in [0.4, 0.5) is 0 Å². The molecule has 0 rings (SSSR count). The summed E-state index contributed by atoms with van der Waals surface area (Å²) in [6.45, 7) is 7.25. The third kappa shape index (κ3) is 7.13. The Morgan fingerprint density at radius 2 is 1.64 bits per heavy atom. The average molecular weight is 333 g/mol. The zero-order chi connectivity index (χ0) is 17.4. The predicted molar refractivity (Wildman–Crippen MR) is 87.6 cm³/mol. The molecular weight excluding hydrogens is 306 g/mol. The SMILES string of the molecule is CC(C)C[C@H](N)C(=O)N[C@@H](CS)C(=O)N[C@H](C(=O)O)C(C)C. The third-order valence-electron chi connectivity index (χ3n) is 3.11. The third-order valence-corrected chi connectivity index (χ3v) is 3.47. The molecule has 0 heterocycles. The lowest BCUT2D eigenvalue weighted by atomic mass is 10.0. The molecule has 128 valence electrons. The van der Waals surface area contributed by atoms with Crippen molar-refractivity contribution in [1.29, 1.82) is 0 Å². The molecule has 5 N–H and O–H groups in total. The van der Waals surface area contributed by atoms with Crippen LogP contribution in [-0.4, -0.2) is 46.8 Å². The zero-order valence-corrected chi connectivity index (χ0v) is 14.4.